The highest BCUT2D eigenvalue weighted by Crippen LogP contribution is 2.36. The first kappa shape index (κ1) is 12.7. The van der Waals surface area contributed by atoms with E-state index in [-0.39, 0.29) is 0 Å². The number of benzene rings is 1. The summed E-state index contributed by atoms with van der Waals surface area (Å²) in [5.41, 5.74) is 1.22. The first-order valence-electron chi connectivity index (χ1n) is 6.99. The number of aryl methyl sites for hydroxylation is 1. The number of aliphatic hydroxyl groups is 1. The molecule has 2 heterocycles. The first-order valence-corrected chi connectivity index (χ1v) is 6.99. The predicted octanol–water partition coefficient (Wildman–Crippen LogP) is 3.04. The van der Waals surface area contributed by atoms with Crippen molar-refractivity contribution in [2.75, 3.05) is 20.1 Å². The van der Waals surface area contributed by atoms with Gasteiger partial charge in [-0.05, 0) is 51.4 Å². The molecular weight excluding hydrogens is 238 g/mol. The van der Waals surface area contributed by atoms with Crippen molar-refractivity contribution in [3.8, 4) is 0 Å². The van der Waals surface area contributed by atoms with Gasteiger partial charge in [-0.2, -0.15) is 0 Å². The maximum Gasteiger partial charge on any atom is 0.137 e. The van der Waals surface area contributed by atoms with E-state index in [9.17, 15) is 5.11 Å². The van der Waals surface area contributed by atoms with Crippen LogP contribution in [0.4, 0.5) is 0 Å². The van der Waals surface area contributed by atoms with Crippen LogP contribution in [0.2, 0.25) is 0 Å². The molecule has 0 bridgehead atoms. The molecule has 0 amide bonds. The number of rotatable bonds is 1. The summed E-state index contributed by atoms with van der Waals surface area (Å²) in [5.74, 6) is 0.729. The highest BCUT2D eigenvalue weighted by atomic mass is 16.4. The van der Waals surface area contributed by atoms with Crippen molar-refractivity contribution >= 4 is 11.0 Å². The Kier molecular flexibility index (Phi) is 3.11. The molecule has 3 nitrogen and oxygen atoms in total. The molecule has 1 aliphatic heterocycles. The Labute approximate surface area is 113 Å². The fourth-order valence-corrected chi connectivity index (χ4v) is 2.94. The molecule has 1 aromatic heterocycles. The van der Waals surface area contributed by atoms with E-state index in [1.54, 1.807) is 0 Å². The highest BCUT2D eigenvalue weighted by Gasteiger charge is 2.34. The van der Waals surface area contributed by atoms with Gasteiger partial charge in [-0.3, -0.25) is 0 Å². The number of nitrogens with zero attached hydrogens (tertiary/aromatic N) is 1. The quantitative estimate of drug-likeness (QED) is 0.855. The lowest BCUT2D eigenvalue weighted by molar-refractivity contribution is 0.00229. The minimum Gasteiger partial charge on any atom is -0.458 e. The Morgan fingerprint density at radius 1 is 1.26 bits per heavy atom. The third-order valence-corrected chi connectivity index (χ3v) is 4.24. The van der Waals surface area contributed by atoms with Crippen molar-refractivity contribution in [1.82, 2.24) is 4.90 Å². The summed E-state index contributed by atoms with van der Waals surface area (Å²) in [5, 5.41) is 12.0. The van der Waals surface area contributed by atoms with Gasteiger partial charge in [-0.15, -0.1) is 0 Å². The van der Waals surface area contributed by atoms with E-state index in [0.29, 0.717) is 0 Å². The second kappa shape index (κ2) is 4.66. The average Bonchev–Trinajstić information content (AvgIpc) is 2.75. The predicted molar refractivity (Wildman–Crippen MR) is 76.2 cm³/mol. The van der Waals surface area contributed by atoms with E-state index in [2.05, 4.69) is 11.9 Å². The van der Waals surface area contributed by atoms with Gasteiger partial charge >= 0.3 is 0 Å². The maximum absolute atomic E-state index is 10.9. The van der Waals surface area contributed by atoms with Crippen molar-refractivity contribution in [3.05, 3.63) is 35.6 Å². The third kappa shape index (κ3) is 2.28. The summed E-state index contributed by atoms with van der Waals surface area (Å²) in [6.07, 6.45) is 2.52. The molecule has 1 fully saturated rings. The van der Waals surface area contributed by atoms with Gasteiger partial charge in [0.15, 0.2) is 0 Å². The third-order valence-electron chi connectivity index (χ3n) is 4.24. The van der Waals surface area contributed by atoms with Crippen LogP contribution in [-0.4, -0.2) is 30.1 Å². The summed E-state index contributed by atoms with van der Waals surface area (Å²) < 4.78 is 5.96. The number of furan rings is 1. The molecule has 1 N–H and O–H groups in total. The van der Waals surface area contributed by atoms with Gasteiger partial charge < -0.3 is 14.4 Å². The number of hydrogen-bond acceptors (Lipinski definition) is 3. The van der Waals surface area contributed by atoms with Crippen LogP contribution in [0, 0.1) is 6.92 Å². The Morgan fingerprint density at radius 3 is 2.89 bits per heavy atom. The van der Waals surface area contributed by atoms with Crippen LogP contribution in [0.3, 0.4) is 0 Å². The molecule has 102 valence electrons. The van der Waals surface area contributed by atoms with Crippen molar-refractivity contribution in [3.63, 3.8) is 0 Å². The smallest absolute Gasteiger partial charge is 0.137 e. The molecule has 3 heteroatoms. The molecule has 1 aromatic carbocycles. The van der Waals surface area contributed by atoms with E-state index in [1.165, 1.54) is 0 Å². The second-order valence-electron chi connectivity index (χ2n) is 5.79. The molecule has 1 aliphatic rings. The van der Waals surface area contributed by atoms with E-state index >= 15 is 0 Å². The summed E-state index contributed by atoms with van der Waals surface area (Å²) in [6, 6.07) is 8.12. The average molecular weight is 259 g/mol. The highest BCUT2D eigenvalue weighted by molar-refractivity contribution is 5.81. The largest absolute Gasteiger partial charge is 0.458 e. The molecule has 0 spiro atoms. The second-order valence-corrected chi connectivity index (χ2v) is 5.79. The van der Waals surface area contributed by atoms with E-state index in [0.717, 1.165) is 54.6 Å². The summed E-state index contributed by atoms with van der Waals surface area (Å²) in [4.78, 5) is 2.27. The fraction of sp³-hybridized carbons (Fsp3) is 0.500. The van der Waals surface area contributed by atoms with Crippen LogP contribution >= 0.6 is 0 Å². The summed E-state index contributed by atoms with van der Waals surface area (Å²) >= 11 is 0. The Bertz CT molecular complexity index is 589. The monoisotopic (exact) mass is 259 g/mol. The van der Waals surface area contributed by atoms with E-state index in [1.807, 2.05) is 31.2 Å². The summed E-state index contributed by atoms with van der Waals surface area (Å²) in [7, 11) is 2.11. The summed E-state index contributed by atoms with van der Waals surface area (Å²) in [6.45, 7) is 3.99. The number of likely N-dealkylation sites (tertiary alicyclic amines) is 1. The van der Waals surface area contributed by atoms with Gasteiger partial charge in [-0.1, -0.05) is 18.2 Å². The lowest BCUT2D eigenvalue weighted by atomic mass is 9.92. The molecular formula is C16H21NO2. The van der Waals surface area contributed by atoms with Crippen LogP contribution in [0.5, 0.6) is 0 Å². The van der Waals surface area contributed by atoms with Crippen molar-refractivity contribution in [2.24, 2.45) is 0 Å². The molecule has 1 unspecified atom stereocenters. The van der Waals surface area contributed by atoms with Crippen LogP contribution in [0.15, 0.2) is 28.7 Å². The van der Waals surface area contributed by atoms with E-state index in [4.69, 9.17) is 4.42 Å². The van der Waals surface area contributed by atoms with Crippen LogP contribution < -0.4 is 0 Å². The van der Waals surface area contributed by atoms with Gasteiger partial charge in [0.25, 0.3) is 0 Å². The lowest BCUT2D eigenvalue weighted by Crippen LogP contribution is -2.27. The zero-order valence-corrected chi connectivity index (χ0v) is 11.6. The number of para-hydroxylation sites is 1. The van der Waals surface area contributed by atoms with Crippen molar-refractivity contribution in [1.29, 1.82) is 0 Å². The molecule has 1 atom stereocenters. The molecule has 0 aliphatic carbocycles. The zero-order chi connectivity index (χ0) is 13.5. The molecule has 3 rings (SSSR count). The molecule has 2 aromatic rings. The van der Waals surface area contributed by atoms with Crippen LogP contribution in [0.1, 0.15) is 30.6 Å². The van der Waals surface area contributed by atoms with Gasteiger partial charge in [0, 0.05) is 11.9 Å². The minimum absolute atomic E-state index is 0.729. The zero-order valence-electron chi connectivity index (χ0n) is 11.6. The SMILES string of the molecule is Cc1cccc2cc(C3(O)CCCN(C)CC3)oc12. The van der Waals surface area contributed by atoms with Gasteiger partial charge in [0.1, 0.15) is 16.9 Å². The maximum atomic E-state index is 10.9. The molecule has 0 radical (unpaired) electrons. The lowest BCUT2D eigenvalue weighted by Gasteiger charge is -2.23. The Balaban J connectivity index is 2.00. The molecule has 0 saturated carbocycles. The fourth-order valence-electron chi connectivity index (χ4n) is 2.94. The van der Waals surface area contributed by atoms with Crippen molar-refractivity contribution < 1.29 is 9.52 Å². The van der Waals surface area contributed by atoms with Gasteiger partial charge in [0.2, 0.25) is 0 Å². The van der Waals surface area contributed by atoms with E-state index < -0.39 is 5.60 Å². The van der Waals surface area contributed by atoms with Gasteiger partial charge in [-0.25, -0.2) is 0 Å². The first-order chi connectivity index (χ1) is 9.08. The van der Waals surface area contributed by atoms with Crippen molar-refractivity contribution in [2.45, 2.75) is 31.8 Å². The molecule has 1 saturated heterocycles. The normalized spacial score (nSPS) is 25.6. The van der Waals surface area contributed by atoms with Crippen LogP contribution in [0.25, 0.3) is 11.0 Å². The molecule has 19 heavy (non-hydrogen) atoms. The number of fused-ring (bicyclic) bond motifs is 1. The minimum atomic E-state index is -0.809. The Hall–Kier alpha value is -1.32. The standard InChI is InChI=1S/C16H21NO2/c1-12-5-3-6-13-11-14(19-15(12)13)16(18)7-4-9-17(2)10-8-16/h3,5-6,11,18H,4,7-10H2,1-2H3. The topological polar surface area (TPSA) is 36.6 Å². The Morgan fingerprint density at radius 2 is 2.11 bits per heavy atom. The van der Waals surface area contributed by atoms with Crippen LogP contribution in [-0.2, 0) is 5.60 Å². The number of hydrogen-bond donors (Lipinski definition) is 1. The van der Waals surface area contributed by atoms with Gasteiger partial charge in [0.05, 0.1) is 0 Å².